The minimum atomic E-state index is -1.26. The van der Waals surface area contributed by atoms with Gasteiger partial charge in [0.15, 0.2) is 5.60 Å². The standard InChI is InChI=1S/C24H23NO2/c1-26-19-23(18-25,27-2)24(20-12-6-3-7-13-20,21-14-8-4-9-15-21)22-16-10-5-11-17-22/h3-17H,19H2,1-2H3. The molecule has 1 unspecified atom stereocenters. The highest BCUT2D eigenvalue weighted by atomic mass is 16.5. The number of rotatable bonds is 7. The average molecular weight is 357 g/mol. The molecule has 3 aromatic rings. The van der Waals surface area contributed by atoms with Gasteiger partial charge in [-0.25, -0.2) is 0 Å². The summed E-state index contributed by atoms with van der Waals surface area (Å²) in [5.41, 5.74) is 0.802. The van der Waals surface area contributed by atoms with Gasteiger partial charge in [0.1, 0.15) is 6.07 Å². The number of nitriles is 1. The molecular weight excluding hydrogens is 334 g/mol. The van der Waals surface area contributed by atoms with Crippen LogP contribution in [0.4, 0.5) is 0 Å². The molecule has 3 heteroatoms. The lowest BCUT2D eigenvalue weighted by Gasteiger charge is -2.46. The highest BCUT2D eigenvalue weighted by Gasteiger charge is 2.56. The molecule has 0 saturated heterocycles. The zero-order valence-corrected chi connectivity index (χ0v) is 15.6. The first-order chi connectivity index (χ1) is 13.2. The van der Waals surface area contributed by atoms with Gasteiger partial charge in [0.05, 0.1) is 12.0 Å². The molecule has 0 aliphatic carbocycles. The van der Waals surface area contributed by atoms with Crippen molar-refractivity contribution in [2.24, 2.45) is 0 Å². The smallest absolute Gasteiger partial charge is 0.194 e. The minimum absolute atomic E-state index is 0.124. The molecule has 0 amide bonds. The Bertz CT molecular complexity index is 791. The van der Waals surface area contributed by atoms with Gasteiger partial charge in [0.25, 0.3) is 0 Å². The fourth-order valence-corrected chi connectivity index (χ4v) is 3.95. The molecular formula is C24H23NO2. The van der Waals surface area contributed by atoms with Gasteiger partial charge < -0.3 is 9.47 Å². The topological polar surface area (TPSA) is 42.2 Å². The van der Waals surface area contributed by atoms with Crippen molar-refractivity contribution in [3.05, 3.63) is 108 Å². The molecule has 0 spiro atoms. The second-order valence-electron chi connectivity index (χ2n) is 6.42. The summed E-state index contributed by atoms with van der Waals surface area (Å²) >= 11 is 0. The summed E-state index contributed by atoms with van der Waals surface area (Å²) in [6, 6.07) is 32.6. The molecule has 0 heterocycles. The number of hydrogen-bond acceptors (Lipinski definition) is 3. The van der Waals surface area contributed by atoms with Crippen LogP contribution in [0.1, 0.15) is 16.7 Å². The summed E-state index contributed by atoms with van der Waals surface area (Å²) in [6.07, 6.45) is 0. The zero-order valence-electron chi connectivity index (χ0n) is 15.6. The molecule has 1 atom stereocenters. The van der Waals surface area contributed by atoms with Crippen LogP contribution >= 0.6 is 0 Å². The van der Waals surface area contributed by atoms with Crippen LogP contribution in [0.25, 0.3) is 0 Å². The summed E-state index contributed by atoms with van der Waals surface area (Å²) in [4.78, 5) is 0. The Morgan fingerprint density at radius 3 is 1.33 bits per heavy atom. The average Bonchev–Trinajstić information content (AvgIpc) is 2.76. The van der Waals surface area contributed by atoms with Crippen LogP contribution in [0.3, 0.4) is 0 Å². The lowest BCUT2D eigenvalue weighted by atomic mass is 9.59. The number of nitrogens with zero attached hydrogens (tertiary/aromatic N) is 1. The molecule has 0 radical (unpaired) electrons. The Morgan fingerprint density at radius 1 is 0.704 bits per heavy atom. The fraction of sp³-hybridized carbons (Fsp3) is 0.208. The lowest BCUT2D eigenvalue weighted by Crippen LogP contribution is -2.56. The van der Waals surface area contributed by atoms with E-state index in [2.05, 4.69) is 6.07 Å². The van der Waals surface area contributed by atoms with E-state index in [0.717, 1.165) is 16.7 Å². The van der Waals surface area contributed by atoms with Gasteiger partial charge in [-0.05, 0) is 16.7 Å². The highest BCUT2D eigenvalue weighted by molar-refractivity contribution is 5.56. The molecule has 3 aromatic carbocycles. The van der Waals surface area contributed by atoms with Crippen LogP contribution < -0.4 is 0 Å². The maximum atomic E-state index is 10.4. The Balaban J connectivity index is 2.49. The van der Waals surface area contributed by atoms with Gasteiger partial charge in [0.2, 0.25) is 0 Å². The van der Waals surface area contributed by atoms with Crippen molar-refractivity contribution in [2.75, 3.05) is 20.8 Å². The molecule has 0 aliphatic heterocycles. The third kappa shape index (κ3) is 3.04. The molecule has 0 N–H and O–H groups in total. The van der Waals surface area contributed by atoms with Crippen LogP contribution in [0.5, 0.6) is 0 Å². The quantitative estimate of drug-likeness (QED) is 0.582. The maximum Gasteiger partial charge on any atom is 0.194 e. The SMILES string of the molecule is COCC(C#N)(OC)C(c1ccccc1)(c1ccccc1)c1ccccc1. The first-order valence-electron chi connectivity index (χ1n) is 8.87. The van der Waals surface area contributed by atoms with Crippen molar-refractivity contribution < 1.29 is 9.47 Å². The summed E-state index contributed by atoms with van der Waals surface area (Å²) in [5, 5.41) is 10.4. The largest absolute Gasteiger partial charge is 0.380 e. The van der Waals surface area contributed by atoms with Crippen molar-refractivity contribution in [1.82, 2.24) is 0 Å². The van der Waals surface area contributed by atoms with E-state index in [0.29, 0.717) is 0 Å². The predicted molar refractivity (Wildman–Crippen MR) is 106 cm³/mol. The number of methoxy groups -OCH3 is 2. The van der Waals surface area contributed by atoms with Crippen molar-refractivity contribution in [2.45, 2.75) is 11.0 Å². The Hall–Kier alpha value is -2.93. The van der Waals surface area contributed by atoms with Crippen LogP contribution in [-0.2, 0) is 14.9 Å². The van der Waals surface area contributed by atoms with Crippen LogP contribution in [0, 0.1) is 11.3 Å². The molecule has 3 nitrogen and oxygen atoms in total. The van der Waals surface area contributed by atoms with Gasteiger partial charge >= 0.3 is 0 Å². The molecule has 0 fully saturated rings. The van der Waals surface area contributed by atoms with E-state index in [9.17, 15) is 5.26 Å². The lowest BCUT2D eigenvalue weighted by molar-refractivity contribution is -0.0550. The Labute approximate surface area is 160 Å². The number of benzene rings is 3. The second-order valence-corrected chi connectivity index (χ2v) is 6.42. The normalized spacial score (nSPS) is 13.5. The van der Waals surface area contributed by atoms with Gasteiger partial charge in [-0.3, -0.25) is 0 Å². The van der Waals surface area contributed by atoms with Crippen LogP contribution in [0.15, 0.2) is 91.0 Å². The molecule has 0 saturated carbocycles. The molecule has 0 aromatic heterocycles. The molecule has 3 rings (SSSR count). The number of ether oxygens (including phenoxy) is 2. The Morgan fingerprint density at radius 2 is 1.07 bits per heavy atom. The van der Waals surface area contributed by atoms with Crippen molar-refractivity contribution >= 4 is 0 Å². The van der Waals surface area contributed by atoms with E-state index in [1.165, 1.54) is 0 Å². The molecule has 27 heavy (non-hydrogen) atoms. The van der Waals surface area contributed by atoms with Crippen molar-refractivity contribution in [3.63, 3.8) is 0 Å². The van der Waals surface area contributed by atoms with E-state index in [4.69, 9.17) is 9.47 Å². The van der Waals surface area contributed by atoms with Crippen LogP contribution in [0.2, 0.25) is 0 Å². The van der Waals surface area contributed by atoms with Gasteiger partial charge in [0, 0.05) is 14.2 Å². The zero-order chi connectivity index (χ0) is 19.2. The van der Waals surface area contributed by atoms with Gasteiger partial charge in [-0.1, -0.05) is 91.0 Å². The Kier molecular flexibility index (Phi) is 5.71. The second kappa shape index (κ2) is 8.18. The summed E-state index contributed by atoms with van der Waals surface area (Å²) in [7, 11) is 3.17. The van der Waals surface area contributed by atoms with Gasteiger partial charge in [-0.15, -0.1) is 0 Å². The molecule has 136 valence electrons. The third-order valence-corrected chi connectivity index (χ3v) is 5.10. The highest BCUT2D eigenvalue weighted by Crippen LogP contribution is 2.49. The maximum absolute atomic E-state index is 10.4. The van der Waals surface area contributed by atoms with Crippen LogP contribution in [-0.4, -0.2) is 26.4 Å². The first kappa shape index (κ1) is 18.8. The van der Waals surface area contributed by atoms with E-state index in [-0.39, 0.29) is 6.61 Å². The number of hydrogen-bond donors (Lipinski definition) is 0. The fourth-order valence-electron chi connectivity index (χ4n) is 3.95. The van der Waals surface area contributed by atoms with Crippen molar-refractivity contribution in [3.8, 4) is 6.07 Å². The summed E-state index contributed by atoms with van der Waals surface area (Å²) in [5.74, 6) is 0. The third-order valence-electron chi connectivity index (χ3n) is 5.10. The van der Waals surface area contributed by atoms with E-state index >= 15 is 0 Å². The van der Waals surface area contributed by atoms with Crippen molar-refractivity contribution in [1.29, 1.82) is 5.26 Å². The molecule has 0 bridgehead atoms. The molecule has 0 aliphatic rings. The monoisotopic (exact) mass is 357 g/mol. The van der Waals surface area contributed by atoms with E-state index < -0.39 is 11.0 Å². The van der Waals surface area contributed by atoms with E-state index in [1.807, 2.05) is 91.0 Å². The minimum Gasteiger partial charge on any atom is -0.380 e. The summed E-state index contributed by atoms with van der Waals surface area (Å²) < 4.78 is 11.5. The first-order valence-corrected chi connectivity index (χ1v) is 8.87. The van der Waals surface area contributed by atoms with E-state index in [1.54, 1.807) is 14.2 Å². The van der Waals surface area contributed by atoms with Gasteiger partial charge in [-0.2, -0.15) is 5.26 Å². The predicted octanol–water partition coefficient (Wildman–Crippen LogP) is 4.58. The summed E-state index contributed by atoms with van der Waals surface area (Å²) in [6.45, 7) is 0.124.